The molecule has 2 rings (SSSR count). The van der Waals surface area contributed by atoms with Gasteiger partial charge in [-0.15, -0.1) is 0 Å². The molecule has 0 aromatic heterocycles. The second-order valence-electron chi connectivity index (χ2n) is 4.18. The van der Waals surface area contributed by atoms with Crippen LogP contribution in [0.2, 0.25) is 0 Å². The van der Waals surface area contributed by atoms with Crippen LogP contribution in [0.15, 0.2) is 60.7 Å². The predicted octanol–water partition coefficient (Wildman–Crippen LogP) is 3.93. The topological polar surface area (TPSA) is 0 Å². The van der Waals surface area contributed by atoms with Crippen molar-refractivity contribution < 1.29 is 5.73 Å². The fraction of sp³-hybridized carbons (Fsp3) is 0.143. The van der Waals surface area contributed by atoms with Crippen LogP contribution in [-0.4, -0.2) is 19.5 Å². The van der Waals surface area contributed by atoms with Gasteiger partial charge in [-0.2, -0.15) is 0 Å². The normalized spacial score (nSPS) is 11.4. The van der Waals surface area contributed by atoms with Gasteiger partial charge in [0.2, 0.25) is 0 Å². The molecule has 0 bridgehead atoms. The molecule has 0 saturated heterocycles. The third-order valence-corrected chi connectivity index (χ3v) is 7.89. The van der Waals surface area contributed by atoms with E-state index in [-0.39, 0.29) is 8.87 Å². The molecule has 0 aliphatic heterocycles. The van der Waals surface area contributed by atoms with Crippen LogP contribution in [0.3, 0.4) is 0 Å². The summed E-state index contributed by atoms with van der Waals surface area (Å²) in [4.78, 5) is 0. The zero-order chi connectivity index (χ0) is 12.1. The van der Waals surface area contributed by atoms with Crippen LogP contribution in [0.5, 0.6) is 0 Å². The van der Waals surface area contributed by atoms with E-state index in [9.17, 15) is 5.73 Å². The van der Waals surface area contributed by atoms with Gasteiger partial charge in [0.15, 0.2) is 0 Å². The summed E-state index contributed by atoms with van der Waals surface area (Å²) in [6, 6.07) is 18.1. The molecule has 17 heavy (non-hydrogen) atoms. The van der Waals surface area contributed by atoms with Crippen molar-refractivity contribution >= 4 is 19.5 Å². The van der Waals surface area contributed by atoms with Crippen LogP contribution >= 0.6 is 0 Å². The van der Waals surface area contributed by atoms with Gasteiger partial charge in [-0.3, -0.25) is 0 Å². The third kappa shape index (κ3) is 4.11. The Morgan fingerprint density at radius 1 is 0.647 bits per heavy atom. The van der Waals surface area contributed by atoms with E-state index in [1.807, 2.05) is 36.4 Å². The van der Waals surface area contributed by atoms with Crippen LogP contribution in [-0.2, 0) is 8.87 Å². The van der Waals surface area contributed by atoms with Crippen LogP contribution in [0.1, 0.15) is 11.1 Å². The van der Waals surface area contributed by atoms with Crippen LogP contribution in [0, 0.1) is 0 Å². The minimum absolute atomic E-state index is 0.00438. The number of rotatable bonds is 4. The molecule has 0 N–H and O–H groups in total. The van der Waals surface area contributed by atoms with Crippen molar-refractivity contribution in [2.45, 2.75) is 8.87 Å². The summed E-state index contributed by atoms with van der Waals surface area (Å²) >= 11 is -4.95. The minimum atomic E-state index is -4.95. The number of hydrogen-bond acceptors (Lipinski definition) is 0. The predicted molar refractivity (Wildman–Crippen MR) is 68.3 cm³/mol. The molecule has 0 amide bonds. The summed E-state index contributed by atoms with van der Waals surface area (Å²) in [6.07, 6.45) is 0. The summed E-state index contributed by atoms with van der Waals surface area (Å²) < 4.78 is 28.0. The molecule has 0 atom stereocenters. The van der Waals surface area contributed by atoms with Crippen LogP contribution in [0.4, 0.5) is 5.73 Å². The molecule has 3 heteroatoms. The standard InChI is InChI=1S/2C7H7.2FH.Sn/c2*1-7-5-3-2-4-6-7;;;/h2*2-6H,1H2;2*1H;/q;;;;+2/p-2. The Morgan fingerprint density at radius 2 is 1.00 bits per heavy atom. The quantitative estimate of drug-likeness (QED) is 0.741. The van der Waals surface area contributed by atoms with E-state index in [1.165, 1.54) is 0 Å². The van der Waals surface area contributed by atoms with Crippen molar-refractivity contribution in [3.8, 4) is 0 Å². The third-order valence-electron chi connectivity index (χ3n) is 2.61. The summed E-state index contributed by atoms with van der Waals surface area (Å²) in [6.45, 7) is 0. The maximum atomic E-state index is 14.0. The fourth-order valence-electron chi connectivity index (χ4n) is 1.85. The first-order valence-corrected chi connectivity index (χ1v) is 11.8. The molecule has 88 valence electrons. The van der Waals surface area contributed by atoms with Crippen molar-refractivity contribution in [1.82, 2.24) is 0 Å². The summed E-state index contributed by atoms with van der Waals surface area (Å²) in [5, 5.41) is 0. The first-order valence-electron chi connectivity index (χ1n) is 5.61. The van der Waals surface area contributed by atoms with Gasteiger partial charge in [0.25, 0.3) is 0 Å². The van der Waals surface area contributed by atoms with Gasteiger partial charge in [-0.1, -0.05) is 0 Å². The number of halogens is 2. The van der Waals surface area contributed by atoms with E-state index < -0.39 is 19.5 Å². The summed E-state index contributed by atoms with van der Waals surface area (Å²) in [5.41, 5.74) is 1.54. The molecule has 0 unspecified atom stereocenters. The first-order chi connectivity index (χ1) is 8.16. The molecule has 2 aromatic rings. The molecule has 0 saturated carbocycles. The van der Waals surface area contributed by atoms with Crippen LogP contribution in [0.25, 0.3) is 0 Å². The van der Waals surface area contributed by atoms with E-state index in [4.69, 9.17) is 0 Å². The van der Waals surface area contributed by atoms with Gasteiger partial charge in [0.05, 0.1) is 0 Å². The molecular formula is C14H14F2Sn. The van der Waals surface area contributed by atoms with Crippen molar-refractivity contribution in [2.75, 3.05) is 0 Å². The van der Waals surface area contributed by atoms with E-state index in [2.05, 4.69) is 0 Å². The van der Waals surface area contributed by atoms with E-state index in [1.54, 1.807) is 24.3 Å². The Kier molecular flexibility index (Phi) is 4.15. The zero-order valence-electron chi connectivity index (χ0n) is 9.44. The van der Waals surface area contributed by atoms with E-state index >= 15 is 0 Å². The van der Waals surface area contributed by atoms with Gasteiger partial charge in [-0.05, 0) is 0 Å². The van der Waals surface area contributed by atoms with Gasteiger partial charge in [0, 0.05) is 0 Å². The second kappa shape index (κ2) is 5.63. The Bertz CT molecular complexity index is 411. The molecule has 0 spiro atoms. The molecule has 0 aliphatic rings. The molecular weight excluding hydrogens is 325 g/mol. The molecule has 0 radical (unpaired) electrons. The van der Waals surface area contributed by atoms with E-state index in [0.717, 1.165) is 11.1 Å². The molecule has 0 aliphatic carbocycles. The molecule has 2 aromatic carbocycles. The average molecular weight is 339 g/mol. The van der Waals surface area contributed by atoms with Gasteiger partial charge in [-0.25, -0.2) is 0 Å². The Hall–Kier alpha value is -0.901. The summed E-state index contributed by atoms with van der Waals surface area (Å²) in [7, 11) is 0. The monoisotopic (exact) mass is 340 g/mol. The van der Waals surface area contributed by atoms with Gasteiger partial charge >= 0.3 is 106 Å². The Morgan fingerprint density at radius 3 is 1.35 bits per heavy atom. The number of benzene rings is 2. The second-order valence-corrected chi connectivity index (χ2v) is 11.1. The van der Waals surface area contributed by atoms with Crippen molar-refractivity contribution in [1.29, 1.82) is 0 Å². The maximum absolute atomic E-state index is 14.0. The number of hydrogen-bond donors (Lipinski definition) is 0. The van der Waals surface area contributed by atoms with E-state index in [0.29, 0.717) is 0 Å². The zero-order valence-corrected chi connectivity index (χ0v) is 12.3. The van der Waals surface area contributed by atoms with Gasteiger partial charge in [0.1, 0.15) is 0 Å². The Balaban J connectivity index is 2.04. The molecule has 0 heterocycles. The fourth-order valence-corrected chi connectivity index (χ4v) is 6.96. The molecule has 0 nitrogen and oxygen atoms in total. The van der Waals surface area contributed by atoms with Crippen molar-refractivity contribution in [3.63, 3.8) is 0 Å². The van der Waals surface area contributed by atoms with Crippen molar-refractivity contribution in [3.05, 3.63) is 71.8 Å². The van der Waals surface area contributed by atoms with Crippen molar-refractivity contribution in [2.24, 2.45) is 0 Å². The Labute approximate surface area is 106 Å². The first kappa shape index (κ1) is 12.6. The van der Waals surface area contributed by atoms with Gasteiger partial charge < -0.3 is 0 Å². The molecule has 0 fully saturated rings. The average Bonchev–Trinajstić information content (AvgIpc) is 2.30. The van der Waals surface area contributed by atoms with Crippen LogP contribution < -0.4 is 0 Å². The summed E-state index contributed by atoms with van der Waals surface area (Å²) in [5.74, 6) is 0. The SMILES string of the molecule is [F][Sn]([F])([CH2]c1ccccc1)[CH2]c1ccccc1.